The van der Waals surface area contributed by atoms with E-state index in [1.807, 2.05) is 17.0 Å². The molecule has 2 aliphatic rings. The second kappa shape index (κ2) is 6.26. The van der Waals surface area contributed by atoms with Gasteiger partial charge in [-0.25, -0.2) is 0 Å². The number of piperidine rings is 1. The second-order valence-corrected chi connectivity index (χ2v) is 6.17. The molecule has 2 aliphatic heterocycles. The Hall–Kier alpha value is -1.59. The maximum atomic E-state index is 12.7. The van der Waals surface area contributed by atoms with E-state index in [1.54, 1.807) is 19.2 Å². The molecule has 0 bridgehead atoms. The molecular formula is C17H23NO4. The van der Waals surface area contributed by atoms with E-state index in [1.165, 1.54) is 0 Å². The van der Waals surface area contributed by atoms with Crippen LogP contribution in [0.25, 0.3) is 0 Å². The summed E-state index contributed by atoms with van der Waals surface area (Å²) in [5.41, 5.74) is 0.362. The lowest BCUT2D eigenvalue weighted by atomic mass is 9.83. The largest absolute Gasteiger partial charge is 0.496 e. The van der Waals surface area contributed by atoms with Gasteiger partial charge in [0.1, 0.15) is 5.75 Å². The highest BCUT2D eigenvalue weighted by Gasteiger charge is 2.41. The van der Waals surface area contributed by atoms with Crippen LogP contribution in [0.4, 0.5) is 0 Å². The number of para-hydroxylation sites is 1. The minimum absolute atomic E-state index is 0.00339. The summed E-state index contributed by atoms with van der Waals surface area (Å²) in [6.07, 6.45) is 2.69. The Morgan fingerprint density at radius 1 is 1.36 bits per heavy atom. The first kappa shape index (κ1) is 15.3. The zero-order valence-electron chi connectivity index (χ0n) is 13.0. The van der Waals surface area contributed by atoms with E-state index in [0.717, 1.165) is 12.8 Å². The van der Waals surface area contributed by atoms with Crippen molar-refractivity contribution >= 4 is 5.91 Å². The van der Waals surface area contributed by atoms with E-state index in [0.29, 0.717) is 43.9 Å². The first-order valence-electron chi connectivity index (χ1n) is 7.88. The van der Waals surface area contributed by atoms with Gasteiger partial charge in [0.2, 0.25) is 0 Å². The molecule has 0 saturated carbocycles. The van der Waals surface area contributed by atoms with Crippen molar-refractivity contribution in [3.8, 4) is 5.75 Å². The van der Waals surface area contributed by atoms with E-state index in [-0.39, 0.29) is 17.6 Å². The molecule has 3 rings (SSSR count). The molecule has 1 aromatic rings. The predicted octanol–water partition coefficient (Wildman–Crippen LogP) is 1.84. The van der Waals surface area contributed by atoms with E-state index < -0.39 is 0 Å². The summed E-state index contributed by atoms with van der Waals surface area (Å²) in [6.45, 7) is 1.93. The molecule has 0 radical (unpaired) electrons. The van der Waals surface area contributed by atoms with Crippen LogP contribution < -0.4 is 4.74 Å². The summed E-state index contributed by atoms with van der Waals surface area (Å²) < 4.78 is 11.2. The number of benzene rings is 1. The Morgan fingerprint density at radius 2 is 2.09 bits per heavy atom. The van der Waals surface area contributed by atoms with Crippen molar-refractivity contribution in [3.63, 3.8) is 0 Å². The number of amides is 1. The van der Waals surface area contributed by atoms with Crippen molar-refractivity contribution in [2.45, 2.75) is 37.4 Å². The summed E-state index contributed by atoms with van der Waals surface area (Å²) in [4.78, 5) is 14.5. The van der Waals surface area contributed by atoms with Crippen molar-refractivity contribution < 1.29 is 19.4 Å². The molecule has 1 aromatic carbocycles. The summed E-state index contributed by atoms with van der Waals surface area (Å²) >= 11 is 0. The van der Waals surface area contributed by atoms with E-state index in [2.05, 4.69) is 0 Å². The minimum Gasteiger partial charge on any atom is -0.496 e. The van der Waals surface area contributed by atoms with E-state index in [9.17, 15) is 9.90 Å². The van der Waals surface area contributed by atoms with E-state index in [4.69, 9.17) is 9.47 Å². The first-order chi connectivity index (χ1) is 10.6. The number of rotatable bonds is 2. The lowest BCUT2D eigenvalue weighted by Crippen LogP contribution is -2.51. The quantitative estimate of drug-likeness (QED) is 0.906. The molecule has 0 aromatic heterocycles. The number of aliphatic hydroxyl groups excluding tert-OH is 1. The number of carbonyl (C=O) groups is 1. The number of hydrogen-bond donors (Lipinski definition) is 1. The third-order valence-corrected chi connectivity index (χ3v) is 4.77. The highest BCUT2D eigenvalue weighted by atomic mass is 16.5. The Morgan fingerprint density at radius 3 is 2.77 bits per heavy atom. The first-order valence-corrected chi connectivity index (χ1v) is 7.88. The molecule has 5 nitrogen and oxygen atoms in total. The molecule has 1 N–H and O–H groups in total. The molecule has 1 atom stereocenters. The van der Waals surface area contributed by atoms with Crippen molar-refractivity contribution in [2.75, 3.05) is 26.8 Å². The molecule has 120 valence electrons. The van der Waals surface area contributed by atoms with Gasteiger partial charge in [0.05, 0.1) is 24.4 Å². The maximum Gasteiger partial charge on any atom is 0.257 e. The van der Waals surface area contributed by atoms with Gasteiger partial charge in [-0.1, -0.05) is 12.1 Å². The molecule has 1 unspecified atom stereocenters. The molecule has 0 aliphatic carbocycles. The van der Waals surface area contributed by atoms with Gasteiger partial charge < -0.3 is 19.5 Å². The maximum absolute atomic E-state index is 12.7. The molecule has 2 saturated heterocycles. The van der Waals surface area contributed by atoms with Crippen LogP contribution in [0, 0.1) is 0 Å². The second-order valence-electron chi connectivity index (χ2n) is 6.17. The fourth-order valence-corrected chi connectivity index (χ4v) is 3.46. The van der Waals surface area contributed by atoms with E-state index >= 15 is 0 Å². The fourth-order valence-electron chi connectivity index (χ4n) is 3.46. The number of methoxy groups -OCH3 is 1. The number of nitrogens with zero attached hydrogens (tertiary/aromatic N) is 1. The van der Waals surface area contributed by atoms with Crippen LogP contribution in [0.2, 0.25) is 0 Å². The van der Waals surface area contributed by atoms with Gasteiger partial charge >= 0.3 is 0 Å². The zero-order valence-corrected chi connectivity index (χ0v) is 13.0. The lowest BCUT2D eigenvalue weighted by molar-refractivity contribution is -0.139. The number of carbonyl (C=O) groups excluding carboxylic acids is 1. The Kier molecular flexibility index (Phi) is 4.36. The summed E-state index contributed by atoms with van der Waals surface area (Å²) in [5.74, 6) is 0.612. The number of ether oxygens (including phenoxy) is 2. The normalized spacial score (nSPS) is 24.3. The third kappa shape index (κ3) is 2.96. The van der Waals surface area contributed by atoms with Crippen LogP contribution in [-0.4, -0.2) is 54.4 Å². The third-order valence-electron chi connectivity index (χ3n) is 4.77. The van der Waals surface area contributed by atoms with Crippen LogP contribution in [0.3, 0.4) is 0 Å². The zero-order chi connectivity index (χ0) is 15.6. The van der Waals surface area contributed by atoms with Crippen LogP contribution >= 0.6 is 0 Å². The highest BCUT2D eigenvalue weighted by molar-refractivity contribution is 5.97. The van der Waals surface area contributed by atoms with Gasteiger partial charge in [0.25, 0.3) is 5.91 Å². The number of aliphatic hydroxyl groups is 1. The molecular weight excluding hydrogens is 282 g/mol. The van der Waals surface area contributed by atoms with Crippen LogP contribution in [0.5, 0.6) is 5.75 Å². The molecule has 1 spiro atoms. The lowest BCUT2D eigenvalue weighted by Gasteiger charge is -2.45. The topological polar surface area (TPSA) is 59.0 Å². The molecule has 2 heterocycles. The van der Waals surface area contributed by atoms with Crippen molar-refractivity contribution in [2.24, 2.45) is 0 Å². The summed E-state index contributed by atoms with van der Waals surface area (Å²) in [7, 11) is 1.58. The average molecular weight is 305 g/mol. The standard InChI is InChI=1S/C17H23NO4/c1-21-15-5-3-2-4-14(15)16(20)18-9-7-17(8-10-18)12-13(19)6-11-22-17/h2-5,13,19H,6-12H2,1H3. The van der Waals surface area contributed by atoms with Gasteiger partial charge in [-0.15, -0.1) is 0 Å². The van der Waals surface area contributed by atoms with Crippen molar-refractivity contribution in [1.82, 2.24) is 4.90 Å². The Balaban J connectivity index is 1.67. The molecule has 2 fully saturated rings. The smallest absolute Gasteiger partial charge is 0.257 e. The monoisotopic (exact) mass is 305 g/mol. The average Bonchev–Trinajstić information content (AvgIpc) is 2.55. The fraction of sp³-hybridized carbons (Fsp3) is 0.588. The molecule has 5 heteroatoms. The van der Waals surface area contributed by atoms with Crippen molar-refractivity contribution in [3.05, 3.63) is 29.8 Å². The molecule has 1 amide bonds. The Bertz CT molecular complexity index is 537. The SMILES string of the molecule is COc1ccccc1C(=O)N1CCC2(CC1)CC(O)CCO2. The highest BCUT2D eigenvalue weighted by Crippen LogP contribution is 2.35. The van der Waals surface area contributed by atoms with Gasteiger partial charge in [-0.3, -0.25) is 4.79 Å². The van der Waals surface area contributed by atoms with Gasteiger partial charge in [0.15, 0.2) is 0 Å². The van der Waals surface area contributed by atoms with Gasteiger partial charge in [-0.05, 0) is 31.4 Å². The molecule has 22 heavy (non-hydrogen) atoms. The van der Waals surface area contributed by atoms with Gasteiger partial charge in [-0.2, -0.15) is 0 Å². The van der Waals surface area contributed by atoms with Crippen LogP contribution in [0.1, 0.15) is 36.0 Å². The van der Waals surface area contributed by atoms with Crippen LogP contribution in [0.15, 0.2) is 24.3 Å². The number of likely N-dealkylation sites (tertiary alicyclic amines) is 1. The van der Waals surface area contributed by atoms with Gasteiger partial charge in [0, 0.05) is 26.1 Å². The minimum atomic E-state index is -0.273. The predicted molar refractivity (Wildman–Crippen MR) is 82.1 cm³/mol. The summed E-state index contributed by atoms with van der Waals surface area (Å²) in [6, 6.07) is 7.31. The van der Waals surface area contributed by atoms with Crippen LogP contribution in [-0.2, 0) is 4.74 Å². The summed E-state index contributed by atoms with van der Waals surface area (Å²) in [5, 5.41) is 9.87. The number of hydrogen-bond acceptors (Lipinski definition) is 4. The Labute approximate surface area is 130 Å². The van der Waals surface area contributed by atoms with Crippen molar-refractivity contribution in [1.29, 1.82) is 0 Å².